The van der Waals surface area contributed by atoms with Gasteiger partial charge in [0.05, 0.1) is 6.61 Å². The Morgan fingerprint density at radius 3 is 2.80 bits per heavy atom. The Hall–Kier alpha value is -1.07. The first-order valence-corrected chi connectivity index (χ1v) is 5.10. The normalized spacial score (nSPS) is 10.1. The van der Waals surface area contributed by atoms with E-state index in [1.54, 1.807) is 12.3 Å². The second kappa shape index (κ2) is 5.73. The number of hydrogen-bond donors (Lipinski definition) is 2. The Morgan fingerprint density at radius 2 is 2.20 bits per heavy atom. The SMILES string of the molecule is CCCCOc1ncc(C)cc1B(O)O. The third-order valence-corrected chi connectivity index (χ3v) is 2.03. The first-order chi connectivity index (χ1) is 7.15. The standard InChI is InChI=1S/C10H16BNO3/c1-3-4-5-15-10-9(11(13)14)6-8(2)7-12-10/h6-7,13-14H,3-5H2,1-2H3. The number of aromatic nitrogens is 1. The van der Waals surface area contributed by atoms with E-state index in [0.717, 1.165) is 18.4 Å². The summed E-state index contributed by atoms with van der Waals surface area (Å²) < 4.78 is 5.36. The molecule has 0 radical (unpaired) electrons. The first-order valence-electron chi connectivity index (χ1n) is 5.10. The number of pyridine rings is 1. The predicted molar refractivity (Wildman–Crippen MR) is 59.2 cm³/mol. The largest absolute Gasteiger partial charge is 0.494 e. The third kappa shape index (κ3) is 3.53. The van der Waals surface area contributed by atoms with Crippen molar-refractivity contribution in [3.8, 4) is 5.88 Å². The highest BCUT2D eigenvalue weighted by Gasteiger charge is 2.18. The van der Waals surface area contributed by atoms with E-state index in [4.69, 9.17) is 14.8 Å². The second-order valence-electron chi connectivity index (χ2n) is 3.48. The summed E-state index contributed by atoms with van der Waals surface area (Å²) in [4.78, 5) is 4.03. The molecule has 0 fully saturated rings. The van der Waals surface area contributed by atoms with Crippen LogP contribution in [0.15, 0.2) is 12.3 Å². The summed E-state index contributed by atoms with van der Waals surface area (Å²) >= 11 is 0. The van der Waals surface area contributed by atoms with Crippen LogP contribution in [0.1, 0.15) is 25.3 Å². The molecule has 0 aliphatic rings. The molecule has 1 rings (SSSR count). The van der Waals surface area contributed by atoms with E-state index in [-0.39, 0.29) is 0 Å². The molecule has 1 aromatic heterocycles. The van der Waals surface area contributed by atoms with E-state index >= 15 is 0 Å². The van der Waals surface area contributed by atoms with Gasteiger partial charge in [-0.15, -0.1) is 0 Å². The lowest BCUT2D eigenvalue weighted by Gasteiger charge is -2.09. The van der Waals surface area contributed by atoms with E-state index in [1.807, 2.05) is 6.92 Å². The van der Waals surface area contributed by atoms with Gasteiger partial charge >= 0.3 is 7.12 Å². The molecule has 15 heavy (non-hydrogen) atoms. The number of unbranched alkanes of at least 4 members (excludes halogenated alkanes) is 1. The molecule has 0 saturated carbocycles. The van der Waals surface area contributed by atoms with Gasteiger partial charge in [-0.05, 0) is 18.9 Å². The van der Waals surface area contributed by atoms with Crippen molar-refractivity contribution in [3.05, 3.63) is 17.8 Å². The zero-order chi connectivity index (χ0) is 11.3. The molecule has 0 unspecified atom stereocenters. The van der Waals surface area contributed by atoms with Crippen LogP contribution >= 0.6 is 0 Å². The molecular weight excluding hydrogens is 193 g/mol. The van der Waals surface area contributed by atoms with E-state index in [1.165, 1.54) is 0 Å². The zero-order valence-electron chi connectivity index (χ0n) is 9.10. The van der Waals surface area contributed by atoms with Crippen LogP contribution in [-0.4, -0.2) is 28.8 Å². The van der Waals surface area contributed by atoms with Crippen LogP contribution in [-0.2, 0) is 0 Å². The molecule has 0 aromatic carbocycles. The smallest absolute Gasteiger partial charge is 0.478 e. The Labute approximate surface area is 90.1 Å². The molecule has 0 amide bonds. The minimum Gasteiger partial charge on any atom is -0.478 e. The lowest BCUT2D eigenvalue weighted by Crippen LogP contribution is -2.32. The van der Waals surface area contributed by atoms with Gasteiger partial charge in [0.25, 0.3) is 0 Å². The van der Waals surface area contributed by atoms with E-state index < -0.39 is 7.12 Å². The lowest BCUT2D eigenvalue weighted by atomic mass is 9.80. The van der Waals surface area contributed by atoms with Crippen molar-refractivity contribution in [1.82, 2.24) is 4.98 Å². The van der Waals surface area contributed by atoms with Gasteiger partial charge in [-0.25, -0.2) is 4.98 Å². The monoisotopic (exact) mass is 209 g/mol. The van der Waals surface area contributed by atoms with Crippen molar-refractivity contribution < 1.29 is 14.8 Å². The molecule has 1 aromatic rings. The molecular formula is C10H16BNO3. The van der Waals surface area contributed by atoms with Gasteiger partial charge < -0.3 is 14.8 Å². The van der Waals surface area contributed by atoms with Crippen molar-refractivity contribution in [2.45, 2.75) is 26.7 Å². The Kier molecular flexibility index (Phi) is 4.58. The van der Waals surface area contributed by atoms with Crippen LogP contribution in [0.4, 0.5) is 0 Å². The highest BCUT2D eigenvalue weighted by atomic mass is 16.5. The molecule has 0 atom stereocenters. The van der Waals surface area contributed by atoms with Gasteiger partial charge in [-0.3, -0.25) is 0 Å². The maximum absolute atomic E-state index is 9.12. The summed E-state index contributed by atoms with van der Waals surface area (Å²) in [7, 11) is -1.53. The molecule has 0 aliphatic carbocycles. The summed E-state index contributed by atoms with van der Waals surface area (Å²) in [6.07, 6.45) is 3.60. The lowest BCUT2D eigenvalue weighted by molar-refractivity contribution is 0.298. The summed E-state index contributed by atoms with van der Waals surface area (Å²) in [5, 5.41) is 18.2. The van der Waals surface area contributed by atoms with Gasteiger partial charge in [0.15, 0.2) is 0 Å². The molecule has 0 saturated heterocycles. The zero-order valence-corrected chi connectivity index (χ0v) is 9.10. The van der Waals surface area contributed by atoms with E-state index in [0.29, 0.717) is 17.9 Å². The van der Waals surface area contributed by atoms with E-state index in [9.17, 15) is 0 Å². The van der Waals surface area contributed by atoms with Gasteiger partial charge in [0.2, 0.25) is 5.88 Å². The number of rotatable bonds is 5. The van der Waals surface area contributed by atoms with Crippen LogP contribution in [0.25, 0.3) is 0 Å². The molecule has 4 nitrogen and oxygen atoms in total. The number of nitrogens with zero attached hydrogens (tertiary/aromatic N) is 1. The minimum atomic E-state index is -1.53. The Bertz CT molecular complexity index is 318. The number of ether oxygens (including phenoxy) is 1. The van der Waals surface area contributed by atoms with Crippen molar-refractivity contribution in [2.24, 2.45) is 0 Å². The second-order valence-corrected chi connectivity index (χ2v) is 3.48. The van der Waals surface area contributed by atoms with Crippen LogP contribution in [0.3, 0.4) is 0 Å². The van der Waals surface area contributed by atoms with Crippen LogP contribution in [0.2, 0.25) is 0 Å². The van der Waals surface area contributed by atoms with Gasteiger partial charge in [0, 0.05) is 11.7 Å². The fourth-order valence-electron chi connectivity index (χ4n) is 1.20. The molecule has 0 spiro atoms. The molecule has 2 N–H and O–H groups in total. The van der Waals surface area contributed by atoms with Crippen LogP contribution in [0, 0.1) is 6.92 Å². The van der Waals surface area contributed by atoms with E-state index in [2.05, 4.69) is 11.9 Å². The predicted octanol–water partition coefficient (Wildman–Crippen LogP) is 0.249. The summed E-state index contributed by atoms with van der Waals surface area (Å²) in [6, 6.07) is 1.67. The molecule has 0 bridgehead atoms. The number of hydrogen-bond acceptors (Lipinski definition) is 4. The summed E-state index contributed by atoms with van der Waals surface area (Å²) in [5.74, 6) is 0.309. The maximum atomic E-state index is 9.12. The van der Waals surface area contributed by atoms with Crippen molar-refractivity contribution in [2.75, 3.05) is 6.61 Å². The maximum Gasteiger partial charge on any atom is 0.494 e. The summed E-state index contributed by atoms with van der Waals surface area (Å²) in [5.41, 5.74) is 1.20. The summed E-state index contributed by atoms with van der Waals surface area (Å²) in [6.45, 7) is 4.45. The molecule has 0 aliphatic heterocycles. The minimum absolute atomic E-state index is 0.309. The quantitative estimate of drug-likeness (QED) is 0.538. The van der Waals surface area contributed by atoms with Crippen molar-refractivity contribution in [3.63, 3.8) is 0 Å². The molecule has 82 valence electrons. The fourth-order valence-corrected chi connectivity index (χ4v) is 1.20. The highest BCUT2D eigenvalue weighted by Crippen LogP contribution is 2.06. The van der Waals surface area contributed by atoms with Crippen molar-refractivity contribution >= 4 is 12.6 Å². The van der Waals surface area contributed by atoms with Crippen LogP contribution < -0.4 is 10.2 Å². The average molecular weight is 209 g/mol. The van der Waals surface area contributed by atoms with Crippen LogP contribution in [0.5, 0.6) is 5.88 Å². The number of aryl methyl sites for hydroxylation is 1. The fraction of sp³-hybridized carbons (Fsp3) is 0.500. The van der Waals surface area contributed by atoms with Gasteiger partial charge in [0.1, 0.15) is 0 Å². The highest BCUT2D eigenvalue weighted by molar-refractivity contribution is 6.59. The molecule has 5 heteroatoms. The Morgan fingerprint density at radius 1 is 1.47 bits per heavy atom. The average Bonchev–Trinajstić information content (AvgIpc) is 2.20. The van der Waals surface area contributed by atoms with Crippen molar-refractivity contribution in [1.29, 1.82) is 0 Å². The third-order valence-electron chi connectivity index (χ3n) is 2.03. The Balaban J connectivity index is 2.77. The first kappa shape index (κ1) is 12.0. The van der Waals surface area contributed by atoms with Gasteiger partial charge in [-0.2, -0.15) is 0 Å². The molecule has 1 heterocycles. The topological polar surface area (TPSA) is 62.6 Å². The van der Waals surface area contributed by atoms with Gasteiger partial charge in [-0.1, -0.05) is 19.4 Å².